The van der Waals surface area contributed by atoms with Crippen molar-refractivity contribution in [3.63, 3.8) is 0 Å². The fourth-order valence-corrected chi connectivity index (χ4v) is 3.64. The van der Waals surface area contributed by atoms with E-state index >= 15 is 0 Å². The van der Waals surface area contributed by atoms with E-state index in [2.05, 4.69) is 42.0 Å². The maximum atomic E-state index is 11.0. The summed E-state index contributed by atoms with van der Waals surface area (Å²) in [6, 6.07) is 8.28. The van der Waals surface area contributed by atoms with Crippen LogP contribution in [0.25, 0.3) is 22.2 Å². The van der Waals surface area contributed by atoms with Crippen molar-refractivity contribution in [2.24, 2.45) is 0 Å². The fraction of sp³-hybridized carbons (Fsp3) is 0. The van der Waals surface area contributed by atoms with E-state index in [0.717, 1.165) is 13.1 Å². The number of benzene rings is 1. The molecule has 0 unspecified atom stereocenters. The highest BCUT2D eigenvalue weighted by atomic mass is 79.9. The molecule has 5 nitrogen and oxygen atoms in total. The van der Waals surface area contributed by atoms with Crippen molar-refractivity contribution in [1.29, 1.82) is 0 Å². The summed E-state index contributed by atoms with van der Waals surface area (Å²) in [5, 5.41) is 12.9. The quantitative estimate of drug-likeness (QED) is 0.653. The zero-order chi connectivity index (χ0) is 15.0. The van der Waals surface area contributed by atoms with Gasteiger partial charge in [-0.3, -0.25) is 0 Å². The molecular weight excluding hydrogens is 424 g/mol. The molecule has 0 aliphatic rings. The molecule has 2 aromatic heterocycles. The second kappa shape index (κ2) is 5.70. The van der Waals surface area contributed by atoms with Crippen LogP contribution in [0.15, 0.2) is 43.1 Å². The molecule has 3 aromatic rings. The van der Waals surface area contributed by atoms with Crippen molar-refractivity contribution in [2.75, 3.05) is 0 Å². The van der Waals surface area contributed by atoms with Crippen LogP contribution in [-0.2, 0) is 0 Å². The van der Waals surface area contributed by atoms with Crippen molar-refractivity contribution >= 4 is 49.2 Å². The topological polar surface area (TPSA) is 76.2 Å². The molecule has 106 valence electrons. The molecule has 1 aromatic carbocycles. The lowest BCUT2D eigenvalue weighted by Gasteiger charge is -1.96. The molecule has 0 radical (unpaired) electrons. The number of hydrogen-bond donors (Lipinski definition) is 1. The highest BCUT2D eigenvalue weighted by Gasteiger charge is 2.15. The number of carboxylic acids is 1. The van der Waals surface area contributed by atoms with E-state index in [-0.39, 0.29) is 5.56 Å². The first-order chi connectivity index (χ1) is 10.0. The second-order valence-corrected chi connectivity index (χ2v) is 7.27. The summed E-state index contributed by atoms with van der Waals surface area (Å²) in [5.41, 5.74) is 0.778. The van der Waals surface area contributed by atoms with Crippen LogP contribution >= 0.6 is 43.2 Å². The lowest BCUT2D eigenvalue weighted by Crippen LogP contribution is -1.96. The predicted octanol–water partition coefficient (Wildman–Crippen LogP) is 4.69. The average Bonchev–Trinajstić information content (AvgIpc) is 3.07. The smallest absolute Gasteiger partial charge is 0.335 e. The van der Waals surface area contributed by atoms with E-state index in [9.17, 15) is 4.79 Å². The normalized spacial score (nSPS) is 10.8. The summed E-state index contributed by atoms with van der Waals surface area (Å²) in [4.78, 5) is 16.1. The van der Waals surface area contributed by atoms with Crippen LogP contribution in [0.3, 0.4) is 0 Å². The Hall–Kier alpha value is -1.51. The molecular formula is C13H6Br2N2O3S. The van der Waals surface area contributed by atoms with E-state index in [1.807, 2.05) is 6.07 Å². The van der Waals surface area contributed by atoms with E-state index in [0.29, 0.717) is 17.3 Å². The molecule has 8 heteroatoms. The standard InChI is InChI=1S/C13H6Br2N2O3S/c14-8-5-9(21-10(8)15)12-16-11(17-20-12)6-2-1-3-7(4-6)13(18)19/h1-5H,(H,18,19). The highest BCUT2D eigenvalue weighted by Crippen LogP contribution is 2.38. The van der Waals surface area contributed by atoms with E-state index in [1.165, 1.54) is 23.5 Å². The van der Waals surface area contributed by atoms with Crippen LogP contribution in [0, 0.1) is 0 Å². The van der Waals surface area contributed by atoms with Gasteiger partial charge in [-0.2, -0.15) is 4.98 Å². The third-order valence-corrected chi connectivity index (χ3v) is 5.89. The number of carbonyl (C=O) groups is 1. The van der Waals surface area contributed by atoms with Gasteiger partial charge < -0.3 is 9.63 Å². The number of aromatic carboxylic acids is 1. The number of carboxylic acid groups (broad SMARTS) is 1. The van der Waals surface area contributed by atoms with Crippen LogP contribution < -0.4 is 0 Å². The van der Waals surface area contributed by atoms with Gasteiger partial charge in [0, 0.05) is 10.0 Å². The summed E-state index contributed by atoms with van der Waals surface area (Å²) in [7, 11) is 0. The van der Waals surface area contributed by atoms with Crippen LogP contribution in [-0.4, -0.2) is 21.2 Å². The van der Waals surface area contributed by atoms with Crippen molar-refractivity contribution in [2.45, 2.75) is 0 Å². The predicted molar refractivity (Wildman–Crippen MR) is 85.4 cm³/mol. The van der Waals surface area contributed by atoms with Crippen LogP contribution in [0.2, 0.25) is 0 Å². The number of halogens is 2. The van der Waals surface area contributed by atoms with Gasteiger partial charge in [0.05, 0.1) is 14.2 Å². The minimum atomic E-state index is -0.994. The van der Waals surface area contributed by atoms with Gasteiger partial charge in [0.25, 0.3) is 5.89 Å². The molecule has 21 heavy (non-hydrogen) atoms. The summed E-state index contributed by atoms with van der Waals surface area (Å²) in [6.45, 7) is 0. The summed E-state index contributed by atoms with van der Waals surface area (Å²) < 4.78 is 7.08. The Kier molecular flexibility index (Phi) is 3.92. The van der Waals surface area contributed by atoms with Gasteiger partial charge >= 0.3 is 5.97 Å². The van der Waals surface area contributed by atoms with Crippen molar-refractivity contribution in [3.8, 4) is 22.2 Å². The Balaban J connectivity index is 1.98. The van der Waals surface area contributed by atoms with E-state index in [1.54, 1.807) is 12.1 Å². The van der Waals surface area contributed by atoms with Crippen LogP contribution in [0.1, 0.15) is 10.4 Å². The molecule has 0 saturated carbocycles. The monoisotopic (exact) mass is 428 g/mol. The average molecular weight is 430 g/mol. The number of aromatic nitrogens is 2. The van der Waals surface area contributed by atoms with Gasteiger partial charge in [-0.1, -0.05) is 17.3 Å². The Morgan fingerprint density at radius 3 is 2.76 bits per heavy atom. The molecule has 0 amide bonds. The van der Waals surface area contributed by atoms with Crippen LogP contribution in [0.5, 0.6) is 0 Å². The molecule has 0 fully saturated rings. The van der Waals surface area contributed by atoms with Crippen molar-refractivity contribution in [3.05, 3.63) is 44.2 Å². The maximum Gasteiger partial charge on any atom is 0.335 e. The van der Waals surface area contributed by atoms with Gasteiger partial charge in [0.1, 0.15) is 0 Å². The summed E-state index contributed by atoms with van der Waals surface area (Å²) in [5.74, 6) is -0.248. The van der Waals surface area contributed by atoms with Crippen molar-refractivity contribution in [1.82, 2.24) is 10.1 Å². The van der Waals surface area contributed by atoms with Crippen LogP contribution in [0.4, 0.5) is 0 Å². The molecule has 0 saturated heterocycles. The molecule has 3 rings (SSSR count). The number of rotatable bonds is 3. The van der Waals surface area contributed by atoms with E-state index < -0.39 is 5.97 Å². The van der Waals surface area contributed by atoms with Gasteiger partial charge in [0.2, 0.25) is 5.82 Å². The van der Waals surface area contributed by atoms with Gasteiger partial charge in [-0.25, -0.2) is 4.79 Å². The molecule has 0 bridgehead atoms. The Labute approximate surface area is 139 Å². The lowest BCUT2D eigenvalue weighted by molar-refractivity contribution is 0.0697. The lowest BCUT2D eigenvalue weighted by atomic mass is 10.1. The molecule has 0 aliphatic carbocycles. The second-order valence-electron chi connectivity index (χ2n) is 4.04. The molecule has 1 N–H and O–H groups in total. The largest absolute Gasteiger partial charge is 0.478 e. The Morgan fingerprint density at radius 2 is 2.10 bits per heavy atom. The minimum absolute atomic E-state index is 0.181. The van der Waals surface area contributed by atoms with Gasteiger partial charge in [0.15, 0.2) is 0 Å². The number of thiophene rings is 1. The first-order valence-electron chi connectivity index (χ1n) is 5.67. The fourth-order valence-electron chi connectivity index (χ4n) is 1.68. The molecule has 0 spiro atoms. The summed E-state index contributed by atoms with van der Waals surface area (Å²) in [6.07, 6.45) is 0. The highest BCUT2D eigenvalue weighted by molar-refractivity contribution is 9.13. The number of nitrogens with zero attached hydrogens (tertiary/aromatic N) is 2. The van der Waals surface area contributed by atoms with E-state index in [4.69, 9.17) is 9.63 Å². The number of hydrogen-bond acceptors (Lipinski definition) is 5. The molecule has 0 aliphatic heterocycles. The maximum absolute atomic E-state index is 11.0. The third-order valence-electron chi connectivity index (χ3n) is 2.65. The van der Waals surface area contributed by atoms with Gasteiger partial charge in [-0.15, -0.1) is 11.3 Å². The zero-order valence-electron chi connectivity index (χ0n) is 10.2. The minimum Gasteiger partial charge on any atom is -0.478 e. The third kappa shape index (κ3) is 2.92. The summed E-state index contributed by atoms with van der Waals surface area (Å²) >= 11 is 8.27. The van der Waals surface area contributed by atoms with Crippen molar-refractivity contribution < 1.29 is 14.4 Å². The molecule has 0 atom stereocenters. The zero-order valence-corrected chi connectivity index (χ0v) is 14.2. The molecule has 2 heterocycles. The Morgan fingerprint density at radius 1 is 1.29 bits per heavy atom. The first-order valence-corrected chi connectivity index (χ1v) is 8.07. The Bertz CT molecular complexity index is 809. The SMILES string of the molecule is O=C(O)c1cccc(-c2noc(-c3cc(Br)c(Br)s3)n2)c1. The van der Waals surface area contributed by atoms with Gasteiger partial charge in [-0.05, 0) is 50.1 Å². The first kappa shape index (κ1) is 14.4.